The molecule has 1 amide bonds. The summed E-state index contributed by atoms with van der Waals surface area (Å²) < 4.78 is 5.37. The van der Waals surface area contributed by atoms with E-state index in [1.807, 2.05) is 23.1 Å². The Morgan fingerprint density at radius 3 is 2.89 bits per heavy atom. The van der Waals surface area contributed by atoms with Gasteiger partial charge in [-0.3, -0.25) is 9.59 Å². The summed E-state index contributed by atoms with van der Waals surface area (Å²) in [7, 11) is 0. The van der Waals surface area contributed by atoms with E-state index in [2.05, 4.69) is 17.1 Å². The number of benzene rings is 1. The van der Waals surface area contributed by atoms with Crippen LogP contribution in [0, 0.1) is 6.92 Å². The second-order valence-electron chi connectivity index (χ2n) is 7.11. The van der Waals surface area contributed by atoms with Crippen LogP contribution in [0.3, 0.4) is 0 Å². The maximum absolute atomic E-state index is 13.3. The molecule has 0 aliphatic carbocycles. The molecule has 0 spiro atoms. The minimum absolute atomic E-state index is 0.0503. The molecule has 6 nitrogen and oxygen atoms in total. The number of hydrogen-bond donors (Lipinski definition) is 2. The average Bonchev–Trinajstić information content (AvgIpc) is 3.24. The molecule has 140 valence electrons. The summed E-state index contributed by atoms with van der Waals surface area (Å²) in [6.45, 7) is 2.43. The van der Waals surface area contributed by atoms with Crippen molar-refractivity contribution in [1.29, 1.82) is 0 Å². The molecule has 0 radical (unpaired) electrons. The van der Waals surface area contributed by atoms with Crippen LogP contribution in [-0.2, 0) is 11.2 Å². The fraction of sp³-hybridized carbons (Fsp3) is 0.333. The number of likely N-dealkylation sites (tertiary alicyclic amines) is 1. The number of aromatic amines is 1. The molecule has 6 heteroatoms. The van der Waals surface area contributed by atoms with Crippen LogP contribution in [0.25, 0.3) is 10.9 Å². The van der Waals surface area contributed by atoms with Gasteiger partial charge in [0.05, 0.1) is 17.9 Å². The second kappa shape index (κ2) is 6.95. The van der Waals surface area contributed by atoms with Crippen LogP contribution < -0.4 is 0 Å². The van der Waals surface area contributed by atoms with Crippen LogP contribution in [0.4, 0.5) is 0 Å². The summed E-state index contributed by atoms with van der Waals surface area (Å²) >= 11 is 0. The summed E-state index contributed by atoms with van der Waals surface area (Å²) in [6, 6.07) is 10.1. The molecule has 1 unspecified atom stereocenters. The number of nitrogens with zero attached hydrogens (tertiary/aromatic N) is 1. The average molecular weight is 366 g/mol. The number of H-pyrrole nitrogens is 1. The Labute approximate surface area is 156 Å². The maximum Gasteiger partial charge on any atom is 0.311 e. The fourth-order valence-electron chi connectivity index (χ4n) is 3.97. The summed E-state index contributed by atoms with van der Waals surface area (Å²) in [5.41, 5.74) is 3.14. The van der Waals surface area contributed by atoms with Crippen molar-refractivity contribution in [3.05, 3.63) is 59.2 Å². The topological polar surface area (TPSA) is 86.5 Å². The third-order valence-electron chi connectivity index (χ3n) is 5.25. The number of piperidine rings is 1. The van der Waals surface area contributed by atoms with E-state index in [1.54, 1.807) is 6.92 Å². The van der Waals surface area contributed by atoms with Crippen molar-refractivity contribution in [2.75, 3.05) is 6.54 Å². The number of carbonyl (C=O) groups excluding carboxylic acids is 1. The Morgan fingerprint density at radius 1 is 1.30 bits per heavy atom. The van der Waals surface area contributed by atoms with Gasteiger partial charge in [0.2, 0.25) is 0 Å². The van der Waals surface area contributed by atoms with Crippen LogP contribution in [-0.4, -0.2) is 33.4 Å². The Balaban J connectivity index is 1.69. The first kappa shape index (κ1) is 17.4. The molecule has 1 atom stereocenters. The van der Waals surface area contributed by atoms with E-state index in [-0.39, 0.29) is 24.1 Å². The molecule has 3 heterocycles. The lowest BCUT2D eigenvalue weighted by molar-refractivity contribution is -0.136. The Hall–Kier alpha value is -3.02. The lowest BCUT2D eigenvalue weighted by Gasteiger charge is -2.35. The molecule has 2 aromatic heterocycles. The van der Waals surface area contributed by atoms with E-state index in [0.29, 0.717) is 17.7 Å². The van der Waals surface area contributed by atoms with Gasteiger partial charge in [0, 0.05) is 23.3 Å². The van der Waals surface area contributed by atoms with Crippen LogP contribution in [0.5, 0.6) is 0 Å². The summed E-state index contributed by atoms with van der Waals surface area (Å²) in [6.07, 6.45) is 4.04. The molecule has 2 N–H and O–H groups in total. The summed E-state index contributed by atoms with van der Waals surface area (Å²) in [4.78, 5) is 29.8. The zero-order valence-corrected chi connectivity index (χ0v) is 15.2. The van der Waals surface area contributed by atoms with Gasteiger partial charge >= 0.3 is 5.97 Å². The fourth-order valence-corrected chi connectivity index (χ4v) is 3.97. The molecular formula is C21H22N2O4. The lowest BCUT2D eigenvalue weighted by Crippen LogP contribution is -2.39. The maximum atomic E-state index is 13.3. The number of carboxylic acids is 1. The third kappa shape index (κ3) is 3.23. The predicted octanol–water partition coefficient (Wildman–Crippen LogP) is 4.06. The molecular weight excluding hydrogens is 344 g/mol. The van der Waals surface area contributed by atoms with Crippen LogP contribution >= 0.6 is 0 Å². The number of carbonyl (C=O) groups is 2. The van der Waals surface area contributed by atoms with Crippen molar-refractivity contribution in [3.63, 3.8) is 0 Å². The highest BCUT2D eigenvalue weighted by molar-refractivity contribution is 5.98. The molecule has 3 aromatic rings. The molecule has 1 saturated heterocycles. The number of aromatic nitrogens is 1. The molecule has 0 bridgehead atoms. The number of rotatable bonds is 4. The number of aliphatic carboxylic acids is 1. The van der Waals surface area contributed by atoms with Gasteiger partial charge in [-0.1, -0.05) is 18.2 Å². The van der Waals surface area contributed by atoms with Crippen molar-refractivity contribution in [3.8, 4) is 0 Å². The van der Waals surface area contributed by atoms with Crippen molar-refractivity contribution in [1.82, 2.24) is 9.88 Å². The molecule has 27 heavy (non-hydrogen) atoms. The van der Waals surface area contributed by atoms with Gasteiger partial charge in [-0.15, -0.1) is 0 Å². The normalized spacial score (nSPS) is 17.4. The van der Waals surface area contributed by atoms with Crippen molar-refractivity contribution >= 4 is 22.8 Å². The first-order chi connectivity index (χ1) is 13.0. The van der Waals surface area contributed by atoms with Gasteiger partial charge in [-0.25, -0.2) is 0 Å². The molecule has 4 rings (SSSR count). The molecule has 1 aliphatic heterocycles. The first-order valence-corrected chi connectivity index (χ1v) is 9.22. The SMILES string of the molecule is Cc1coc(CC(=O)O)c1C(=O)N1CCCCC1c1cc2ccccc2[nH]1. The van der Waals surface area contributed by atoms with Gasteiger partial charge in [0.1, 0.15) is 12.2 Å². The van der Waals surface area contributed by atoms with Gasteiger partial charge in [0.25, 0.3) is 5.91 Å². The molecule has 1 aromatic carbocycles. The van der Waals surface area contributed by atoms with Gasteiger partial charge in [0.15, 0.2) is 0 Å². The zero-order chi connectivity index (χ0) is 19.0. The van der Waals surface area contributed by atoms with Crippen LogP contribution in [0.15, 0.2) is 41.0 Å². The predicted molar refractivity (Wildman–Crippen MR) is 101 cm³/mol. The Kier molecular flexibility index (Phi) is 4.48. The molecule has 0 saturated carbocycles. The van der Waals surface area contributed by atoms with E-state index >= 15 is 0 Å². The smallest absolute Gasteiger partial charge is 0.311 e. The number of aryl methyl sites for hydroxylation is 1. The second-order valence-corrected chi connectivity index (χ2v) is 7.11. The molecule has 1 fully saturated rings. The highest BCUT2D eigenvalue weighted by Crippen LogP contribution is 2.34. The number of amides is 1. The third-order valence-corrected chi connectivity index (χ3v) is 5.25. The van der Waals surface area contributed by atoms with E-state index in [9.17, 15) is 9.59 Å². The number of fused-ring (bicyclic) bond motifs is 1. The Morgan fingerprint density at radius 2 is 2.11 bits per heavy atom. The van der Waals surface area contributed by atoms with Crippen molar-refractivity contribution in [2.45, 2.75) is 38.6 Å². The Bertz CT molecular complexity index is 968. The summed E-state index contributed by atoms with van der Waals surface area (Å²) in [5.74, 6) is -0.934. The minimum atomic E-state index is -1.01. The van der Waals surface area contributed by atoms with E-state index in [1.165, 1.54) is 6.26 Å². The highest BCUT2D eigenvalue weighted by Gasteiger charge is 2.33. The van der Waals surface area contributed by atoms with E-state index in [0.717, 1.165) is 35.9 Å². The van der Waals surface area contributed by atoms with Gasteiger partial charge in [-0.05, 0) is 43.7 Å². The largest absolute Gasteiger partial charge is 0.481 e. The lowest BCUT2D eigenvalue weighted by atomic mass is 9.97. The van der Waals surface area contributed by atoms with Crippen LogP contribution in [0.2, 0.25) is 0 Å². The van der Waals surface area contributed by atoms with Gasteiger partial charge in [-0.2, -0.15) is 0 Å². The van der Waals surface area contributed by atoms with E-state index < -0.39 is 5.97 Å². The van der Waals surface area contributed by atoms with Crippen LogP contribution in [0.1, 0.15) is 52.7 Å². The van der Waals surface area contributed by atoms with Crippen molar-refractivity contribution < 1.29 is 19.1 Å². The number of nitrogens with one attached hydrogen (secondary N) is 1. The zero-order valence-electron chi connectivity index (χ0n) is 15.2. The number of furan rings is 1. The minimum Gasteiger partial charge on any atom is -0.481 e. The first-order valence-electron chi connectivity index (χ1n) is 9.22. The summed E-state index contributed by atoms with van der Waals surface area (Å²) in [5, 5.41) is 10.2. The number of carboxylic acid groups (broad SMARTS) is 1. The number of para-hydroxylation sites is 1. The molecule has 1 aliphatic rings. The van der Waals surface area contributed by atoms with Gasteiger partial charge < -0.3 is 19.4 Å². The quantitative estimate of drug-likeness (QED) is 0.729. The van der Waals surface area contributed by atoms with Crippen molar-refractivity contribution in [2.24, 2.45) is 0 Å². The highest BCUT2D eigenvalue weighted by atomic mass is 16.4. The monoisotopic (exact) mass is 366 g/mol. The number of hydrogen-bond acceptors (Lipinski definition) is 3. The standard InChI is InChI=1S/C21H22N2O4/c1-13-12-27-18(11-19(24)25)20(13)21(26)23-9-5-4-8-17(23)16-10-14-6-2-3-7-15(14)22-16/h2-3,6-7,10,12,17,22H,4-5,8-9,11H2,1H3,(H,24,25). The van der Waals surface area contributed by atoms with E-state index in [4.69, 9.17) is 9.52 Å².